The van der Waals surface area contributed by atoms with Gasteiger partial charge in [0.05, 0.1) is 5.60 Å². The summed E-state index contributed by atoms with van der Waals surface area (Å²) < 4.78 is 0. The Labute approximate surface area is 130 Å². The smallest absolute Gasteiger partial charge is 0.223 e. The molecule has 1 unspecified atom stereocenters. The second-order valence-corrected chi connectivity index (χ2v) is 8.37. The minimum atomic E-state index is -0.873. The Morgan fingerprint density at radius 1 is 1.14 bits per heavy atom. The molecule has 4 nitrogen and oxygen atoms in total. The molecule has 0 aromatic heterocycles. The number of hydrogen-bond acceptors (Lipinski definition) is 3. The summed E-state index contributed by atoms with van der Waals surface area (Å²) in [5.74, 6) is 0.957. The first kappa shape index (κ1) is 18.4. The molecule has 0 saturated heterocycles. The Balaban J connectivity index is 2.38. The van der Waals surface area contributed by atoms with E-state index in [0.29, 0.717) is 18.5 Å². The molecule has 0 heterocycles. The fraction of sp³-hybridized carbons (Fsp3) is 0.941. The summed E-state index contributed by atoms with van der Waals surface area (Å²) in [5, 5.41) is 13.2. The fourth-order valence-corrected chi connectivity index (χ4v) is 3.38. The highest BCUT2D eigenvalue weighted by atomic mass is 16.3. The van der Waals surface area contributed by atoms with Crippen molar-refractivity contribution in [3.05, 3.63) is 0 Å². The van der Waals surface area contributed by atoms with Gasteiger partial charge in [0.2, 0.25) is 5.91 Å². The molecule has 1 aliphatic carbocycles. The van der Waals surface area contributed by atoms with Gasteiger partial charge in [-0.2, -0.15) is 0 Å². The highest BCUT2D eigenvalue weighted by Crippen LogP contribution is 2.39. The number of rotatable bonds is 5. The van der Waals surface area contributed by atoms with Gasteiger partial charge in [0.25, 0.3) is 0 Å². The van der Waals surface area contributed by atoms with Crippen LogP contribution < -0.4 is 5.32 Å². The Morgan fingerprint density at radius 3 is 2.10 bits per heavy atom. The first-order valence-electron chi connectivity index (χ1n) is 8.16. The van der Waals surface area contributed by atoms with Gasteiger partial charge in [-0.1, -0.05) is 20.8 Å². The van der Waals surface area contributed by atoms with E-state index < -0.39 is 5.60 Å². The number of amides is 1. The standard InChI is InChI=1S/C17H34N2O2/c1-16(2,3)14-9-7-13(8-10-14)15(20)18-11-17(4,21)12-19(5)6/h13-14,21H,7-12H2,1-6H3,(H,18,20). The van der Waals surface area contributed by atoms with E-state index in [1.165, 1.54) is 0 Å². The Bertz CT molecular complexity index is 337. The van der Waals surface area contributed by atoms with Crippen molar-refractivity contribution in [3.8, 4) is 0 Å². The minimum Gasteiger partial charge on any atom is -0.387 e. The van der Waals surface area contributed by atoms with Crippen LogP contribution in [-0.2, 0) is 4.79 Å². The van der Waals surface area contributed by atoms with Crippen molar-refractivity contribution >= 4 is 5.91 Å². The van der Waals surface area contributed by atoms with Crippen LogP contribution in [0.2, 0.25) is 0 Å². The quantitative estimate of drug-likeness (QED) is 0.818. The molecule has 0 aliphatic heterocycles. The molecule has 21 heavy (non-hydrogen) atoms. The predicted octanol–water partition coefficient (Wildman–Crippen LogP) is 2.27. The van der Waals surface area contributed by atoms with Crippen molar-refractivity contribution in [1.29, 1.82) is 0 Å². The van der Waals surface area contributed by atoms with E-state index in [1.54, 1.807) is 6.92 Å². The lowest BCUT2D eigenvalue weighted by Crippen LogP contribution is -2.48. The molecule has 4 heteroatoms. The van der Waals surface area contributed by atoms with E-state index in [1.807, 2.05) is 19.0 Å². The van der Waals surface area contributed by atoms with E-state index in [9.17, 15) is 9.90 Å². The van der Waals surface area contributed by atoms with Crippen molar-refractivity contribution < 1.29 is 9.90 Å². The zero-order valence-electron chi connectivity index (χ0n) is 14.7. The summed E-state index contributed by atoms with van der Waals surface area (Å²) in [6.07, 6.45) is 4.22. The molecule has 1 aliphatic rings. The van der Waals surface area contributed by atoms with Crippen LogP contribution in [0.25, 0.3) is 0 Å². The lowest BCUT2D eigenvalue weighted by molar-refractivity contribution is -0.127. The van der Waals surface area contributed by atoms with Crippen LogP contribution in [0.5, 0.6) is 0 Å². The summed E-state index contributed by atoms with van der Waals surface area (Å²) in [6, 6.07) is 0. The van der Waals surface area contributed by atoms with Crippen LogP contribution >= 0.6 is 0 Å². The molecule has 0 spiro atoms. The first-order valence-corrected chi connectivity index (χ1v) is 8.16. The summed E-state index contributed by atoms with van der Waals surface area (Å²) in [5.41, 5.74) is -0.529. The average molecular weight is 298 g/mol. The summed E-state index contributed by atoms with van der Waals surface area (Å²) in [7, 11) is 3.84. The molecule has 124 valence electrons. The third-order valence-corrected chi connectivity index (χ3v) is 4.62. The molecule has 1 atom stereocenters. The maximum atomic E-state index is 12.3. The van der Waals surface area contributed by atoms with Crippen LogP contribution in [0.4, 0.5) is 0 Å². The van der Waals surface area contributed by atoms with Gasteiger partial charge in [0, 0.05) is 19.0 Å². The maximum Gasteiger partial charge on any atom is 0.223 e. The minimum absolute atomic E-state index is 0.112. The van der Waals surface area contributed by atoms with Crippen LogP contribution in [0, 0.1) is 17.3 Å². The number of hydrogen-bond donors (Lipinski definition) is 2. The number of carbonyl (C=O) groups is 1. The normalized spacial score (nSPS) is 26.5. The van der Waals surface area contributed by atoms with Crippen LogP contribution in [0.1, 0.15) is 53.4 Å². The summed E-state index contributed by atoms with van der Waals surface area (Å²) >= 11 is 0. The van der Waals surface area contributed by atoms with Gasteiger partial charge in [-0.05, 0) is 58.0 Å². The second-order valence-electron chi connectivity index (χ2n) is 8.37. The molecule has 2 N–H and O–H groups in total. The number of likely N-dealkylation sites (N-methyl/N-ethyl adjacent to an activating group) is 1. The number of nitrogens with one attached hydrogen (secondary N) is 1. The van der Waals surface area contributed by atoms with Crippen molar-refractivity contribution in [2.75, 3.05) is 27.2 Å². The van der Waals surface area contributed by atoms with Gasteiger partial charge in [-0.25, -0.2) is 0 Å². The number of aliphatic hydroxyl groups is 1. The van der Waals surface area contributed by atoms with Crippen molar-refractivity contribution in [1.82, 2.24) is 10.2 Å². The predicted molar refractivity (Wildman–Crippen MR) is 87.1 cm³/mol. The van der Waals surface area contributed by atoms with E-state index in [-0.39, 0.29) is 11.8 Å². The highest BCUT2D eigenvalue weighted by molar-refractivity contribution is 5.78. The lowest BCUT2D eigenvalue weighted by atomic mass is 9.69. The first-order chi connectivity index (χ1) is 9.51. The van der Waals surface area contributed by atoms with Crippen molar-refractivity contribution in [2.24, 2.45) is 17.3 Å². The molecule has 0 aromatic carbocycles. The van der Waals surface area contributed by atoms with E-state index in [4.69, 9.17) is 0 Å². The molecule has 1 saturated carbocycles. The van der Waals surface area contributed by atoms with Gasteiger partial charge in [0.15, 0.2) is 0 Å². The SMILES string of the molecule is CN(C)CC(C)(O)CNC(=O)C1CCC(C(C)(C)C)CC1. The number of nitrogens with zero attached hydrogens (tertiary/aromatic N) is 1. The second kappa shape index (κ2) is 7.10. The summed E-state index contributed by atoms with van der Waals surface area (Å²) in [4.78, 5) is 14.2. The Hall–Kier alpha value is -0.610. The van der Waals surface area contributed by atoms with Crippen LogP contribution in [0.15, 0.2) is 0 Å². The van der Waals surface area contributed by atoms with E-state index >= 15 is 0 Å². The third kappa shape index (κ3) is 6.35. The third-order valence-electron chi connectivity index (χ3n) is 4.62. The average Bonchev–Trinajstić information content (AvgIpc) is 2.33. The van der Waals surface area contributed by atoms with E-state index in [0.717, 1.165) is 31.6 Å². The fourth-order valence-electron chi connectivity index (χ4n) is 3.38. The van der Waals surface area contributed by atoms with E-state index in [2.05, 4.69) is 26.1 Å². The molecule has 0 radical (unpaired) electrons. The zero-order valence-corrected chi connectivity index (χ0v) is 14.7. The van der Waals surface area contributed by atoms with Crippen molar-refractivity contribution in [3.63, 3.8) is 0 Å². The van der Waals surface area contributed by atoms with Crippen LogP contribution in [0.3, 0.4) is 0 Å². The molecule has 1 amide bonds. The molecule has 1 fully saturated rings. The van der Waals surface area contributed by atoms with Gasteiger partial charge in [0.1, 0.15) is 0 Å². The molecule has 1 rings (SSSR count). The van der Waals surface area contributed by atoms with Gasteiger partial charge >= 0.3 is 0 Å². The van der Waals surface area contributed by atoms with Gasteiger partial charge < -0.3 is 15.3 Å². The molecule has 0 bridgehead atoms. The Kier molecular flexibility index (Phi) is 6.23. The van der Waals surface area contributed by atoms with Crippen molar-refractivity contribution in [2.45, 2.75) is 59.0 Å². The van der Waals surface area contributed by atoms with Gasteiger partial charge in [-0.15, -0.1) is 0 Å². The summed E-state index contributed by atoms with van der Waals surface area (Å²) in [6.45, 7) is 9.50. The van der Waals surface area contributed by atoms with Crippen LogP contribution in [-0.4, -0.2) is 48.7 Å². The molecular formula is C17H34N2O2. The number of carbonyl (C=O) groups excluding carboxylic acids is 1. The zero-order chi connectivity index (χ0) is 16.3. The molecular weight excluding hydrogens is 264 g/mol. The highest BCUT2D eigenvalue weighted by Gasteiger charge is 2.33. The topological polar surface area (TPSA) is 52.6 Å². The molecule has 0 aromatic rings. The Morgan fingerprint density at radius 2 is 1.67 bits per heavy atom. The monoisotopic (exact) mass is 298 g/mol. The lowest BCUT2D eigenvalue weighted by Gasteiger charge is -2.36. The largest absolute Gasteiger partial charge is 0.387 e. The van der Waals surface area contributed by atoms with Gasteiger partial charge in [-0.3, -0.25) is 4.79 Å². The maximum absolute atomic E-state index is 12.3.